The van der Waals surface area contributed by atoms with Gasteiger partial charge in [-0.2, -0.15) is 0 Å². The maximum Gasteiger partial charge on any atom is 0.241 e. The highest BCUT2D eigenvalue weighted by molar-refractivity contribution is 6.12. The van der Waals surface area contributed by atoms with E-state index in [4.69, 9.17) is 0 Å². The van der Waals surface area contributed by atoms with Crippen LogP contribution in [0.5, 0.6) is 0 Å². The first-order valence-electron chi connectivity index (χ1n) is 8.03. The van der Waals surface area contributed by atoms with Crippen molar-refractivity contribution in [1.29, 1.82) is 0 Å². The Bertz CT molecular complexity index is 677. The van der Waals surface area contributed by atoms with Crippen molar-refractivity contribution < 1.29 is 4.79 Å². The van der Waals surface area contributed by atoms with Crippen LogP contribution in [-0.4, -0.2) is 5.91 Å². The molecule has 22 heavy (non-hydrogen) atoms. The highest BCUT2D eigenvalue weighted by Crippen LogP contribution is 2.47. The molecule has 2 heteroatoms. The lowest BCUT2D eigenvalue weighted by atomic mass is 9.78. The van der Waals surface area contributed by atoms with Crippen molar-refractivity contribution in [2.45, 2.75) is 39.0 Å². The minimum atomic E-state index is -0.420. The van der Waals surface area contributed by atoms with Crippen LogP contribution in [0.25, 0.3) is 0 Å². The van der Waals surface area contributed by atoms with Crippen LogP contribution in [0.4, 0.5) is 11.4 Å². The average molecular weight is 293 g/mol. The van der Waals surface area contributed by atoms with E-state index in [1.54, 1.807) is 0 Å². The first-order valence-corrected chi connectivity index (χ1v) is 8.03. The second-order valence-corrected chi connectivity index (χ2v) is 6.76. The zero-order valence-electron chi connectivity index (χ0n) is 13.5. The Morgan fingerprint density at radius 2 is 1.64 bits per heavy atom. The van der Waals surface area contributed by atoms with E-state index >= 15 is 0 Å². The topological polar surface area (TPSA) is 20.3 Å². The lowest BCUT2D eigenvalue weighted by Gasteiger charge is -2.25. The van der Waals surface area contributed by atoms with Gasteiger partial charge in [0, 0.05) is 5.69 Å². The summed E-state index contributed by atoms with van der Waals surface area (Å²) in [6.45, 7) is 6.52. The summed E-state index contributed by atoms with van der Waals surface area (Å²) in [5.41, 5.74) is 2.72. The molecule has 1 atom stereocenters. The summed E-state index contributed by atoms with van der Waals surface area (Å²) >= 11 is 0. The zero-order chi connectivity index (χ0) is 15.7. The van der Waals surface area contributed by atoms with Gasteiger partial charge in [0.1, 0.15) is 0 Å². The van der Waals surface area contributed by atoms with Crippen molar-refractivity contribution >= 4 is 17.3 Å². The predicted molar refractivity (Wildman–Crippen MR) is 91.5 cm³/mol. The van der Waals surface area contributed by atoms with Gasteiger partial charge in [-0.3, -0.25) is 9.69 Å². The van der Waals surface area contributed by atoms with Gasteiger partial charge in [0.25, 0.3) is 0 Å². The monoisotopic (exact) mass is 293 g/mol. The molecule has 3 rings (SSSR count). The minimum Gasteiger partial charge on any atom is -0.280 e. The molecule has 0 aromatic heterocycles. The fourth-order valence-electron chi connectivity index (χ4n) is 3.26. The molecule has 0 saturated carbocycles. The molecule has 2 aromatic carbocycles. The summed E-state index contributed by atoms with van der Waals surface area (Å²) in [6.07, 6.45) is 1.95. The van der Waals surface area contributed by atoms with Gasteiger partial charge in [0.15, 0.2) is 0 Å². The largest absolute Gasteiger partial charge is 0.280 e. The third-order valence-electron chi connectivity index (χ3n) is 4.65. The summed E-state index contributed by atoms with van der Waals surface area (Å²) in [6, 6.07) is 18.2. The molecule has 1 heterocycles. The summed E-state index contributed by atoms with van der Waals surface area (Å²) in [5.74, 6) is 0.795. The summed E-state index contributed by atoms with van der Waals surface area (Å²) in [5, 5.41) is 0. The Morgan fingerprint density at radius 3 is 2.32 bits per heavy atom. The van der Waals surface area contributed by atoms with Crippen molar-refractivity contribution in [2.24, 2.45) is 5.92 Å². The molecule has 0 saturated heterocycles. The van der Waals surface area contributed by atoms with E-state index in [1.165, 1.54) is 0 Å². The molecule has 2 aromatic rings. The number of fused-ring (bicyclic) bond motifs is 1. The zero-order valence-corrected chi connectivity index (χ0v) is 13.5. The Kier molecular flexibility index (Phi) is 3.78. The minimum absolute atomic E-state index is 0.195. The Hall–Kier alpha value is -2.09. The third-order valence-corrected chi connectivity index (χ3v) is 4.65. The van der Waals surface area contributed by atoms with Crippen LogP contribution in [0.15, 0.2) is 54.6 Å². The number of anilines is 2. The number of hydrogen-bond donors (Lipinski definition) is 0. The molecule has 0 N–H and O–H groups in total. The molecule has 0 fully saturated rings. The van der Waals surface area contributed by atoms with Crippen LogP contribution < -0.4 is 4.90 Å². The quantitative estimate of drug-likeness (QED) is 0.771. The van der Waals surface area contributed by atoms with Crippen LogP contribution >= 0.6 is 0 Å². The Labute approximate surface area is 132 Å². The van der Waals surface area contributed by atoms with Crippen molar-refractivity contribution in [2.75, 3.05) is 4.90 Å². The molecule has 1 aliphatic rings. The summed E-state index contributed by atoms with van der Waals surface area (Å²) in [4.78, 5) is 15.1. The van der Waals surface area contributed by atoms with Gasteiger partial charge in [-0.1, -0.05) is 50.2 Å². The standard InChI is InChI=1S/C20H23NO/c1-15(2)13-14-20(3)17-11-7-8-12-18(17)21(19(20)22)16-9-5-4-6-10-16/h4-12,15H,13-14H2,1-3H3. The molecule has 2 nitrogen and oxygen atoms in total. The Morgan fingerprint density at radius 1 is 1.00 bits per heavy atom. The van der Waals surface area contributed by atoms with Gasteiger partial charge in [0.2, 0.25) is 5.91 Å². The normalized spacial score (nSPS) is 20.5. The number of carbonyl (C=O) groups is 1. The fraction of sp³-hybridized carbons (Fsp3) is 0.350. The van der Waals surface area contributed by atoms with Crippen molar-refractivity contribution in [3.05, 3.63) is 60.2 Å². The SMILES string of the molecule is CC(C)CCC1(C)C(=O)N(c2ccccc2)c2ccccc21. The van der Waals surface area contributed by atoms with E-state index in [9.17, 15) is 4.79 Å². The number of rotatable bonds is 4. The van der Waals surface area contributed by atoms with E-state index in [2.05, 4.69) is 32.9 Å². The molecular formula is C20H23NO. The lowest BCUT2D eigenvalue weighted by Crippen LogP contribution is -2.36. The predicted octanol–water partition coefficient (Wildman–Crippen LogP) is 5.06. The van der Waals surface area contributed by atoms with Gasteiger partial charge in [-0.05, 0) is 49.4 Å². The maximum absolute atomic E-state index is 13.2. The van der Waals surface area contributed by atoms with Crippen LogP contribution in [-0.2, 0) is 10.2 Å². The van der Waals surface area contributed by atoms with Gasteiger partial charge < -0.3 is 0 Å². The number of nitrogens with zero attached hydrogens (tertiary/aromatic N) is 1. The summed E-state index contributed by atoms with van der Waals surface area (Å²) < 4.78 is 0. The van der Waals surface area contributed by atoms with E-state index in [0.717, 1.165) is 29.8 Å². The van der Waals surface area contributed by atoms with Gasteiger partial charge in [0.05, 0.1) is 11.1 Å². The molecule has 0 radical (unpaired) electrons. The van der Waals surface area contributed by atoms with Crippen molar-refractivity contribution in [3.8, 4) is 0 Å². The first-order chi connectivity index (χ1) is 10.5. The summed E-state index contributed by atoms with van der Waals surface area (Å²) in [7, 11) is 0. The van der Waals surface area contributed by atoms with Gasteiger partial charge in [-0.15, -0.1) is 0 Å². The Balaban J connectivity index is 2.07. The van der Waals surface area contributed by atoms with Crippen LogP contribution in [0.1, 0.15) is 39.2 Å². The van der Waals surface area contributed by atoms with E-state index < -0.39 is 5.41 Å². The number of hydrogen-bond acceptors (Lipinski definition) is 1. The molecular weight excluding hydrogens is 270 g/mol. The highest BCUT2D eigenvalue weighted by Gasteiger charge is 2.47. The number of benzene rings is 2. The maximum atomic E-state index is 13.2. The van der Waals surface area contributed by atoms with Gasteiger partial charge >= 0.3 is 0 Å². The second kappa shape index (κ2) is 5.60. The second-order valence-electron chi connectivity index (χ2n) is 6.76. The third kappa shape index (κ3) is 2.33. The van der Waals surface area contributed by atoms with Gasteiger partial charge in [-0.25, -0.2) is 0 Å². The molecule has 0 aliphatic carbocycles. The fourth-order valence-corrected chi connectivity index (χ4v) is 3.26. The van der Waals surface area contributed by atoms with Crippen LogP contribution in [0.2, 0.25) is 0 Å². The van der Waals surface area contributed by atoms with Crippen LogP contribution in [0, 0.1) is 5.92 Å². The van der Waals surface area contributed by atoms with E-state index in [1.807, 2.05) is 47.4 Å². The number of amides is 1. The first kappa shape index (κ1) is 14.8. The van der Waals surface area contributed by atoms with Crippen molar-refractivity contribution in [1.82, 2.24) is 0 Å². The molecule has 1 amide bonds. The molecule has 1 unspecified atom stereocenters. The molecule has 0 bridgehead atoms. The van der Waals surface area contributed by atoms with Crippen molar-refractivity contribution in [3.63, 3.8) is 0 Å². The number of carbonyl (C=O) groups excluding carboxylic acids is 1. The average Bonchev–Trinajstić information content (AvgIpc) is 2.75. The molecule has 1 aliphatic heterocycles. The smallest absolute Gasteiger partial charge is 0.241 e. The molecule has 0 spiro atoms. The van der Waals surface area contributed by atoms with Crippen LogP contribution in [0.3, 0.4) is 0 Å². The number of para-hydroxylation sites is 2. The highest BCUT2D eigenvalue weighted by atomic mass is 16.2. The van der Waals surface area contributed by atoms with E-state index in [0.29, 0.717) is 5.92 Å². The molecule has 114 valence electrons. The lowest BCUT2D eigenvalue weighted by molar-refractivity contribution is -0.122. The van der Waals surface area contributed by atoms with E-state index in [-0.39, 0.29) is 5.91 Å².